The van der Waals surface area contributed by atoms with E-state index in [0.29, 0.717) is 22.4 Å². The van der Waals surface area contributed by atoms with Gasteiger partial charge in [0.25, 0.3) is 7.37 Å². The number of hydrogen-bond acceptors (Lipinski definition) is 3. The highest BCUT2D eigenvalue weighted by Gasteiger charge is 2.22. The molecule has 0 radical (unpaired) electrons. The summed E-state index contributed by atoms with van der Waals surface area (Å²) in [5, 5.41) is 0.570. The number of halogens is 2. The molecule has 0 aliphatic heterocycles. The maximum Gasteiger partial charge on any atom is 0.295 e. The van der Waals surface area contributed by atoms with Crippen LogP contribution in [0.4, 0.5) is 0 Å². The van der Waals surface area contributed by atoms with E-state index in [1.807, 2.05) is 60.7 Å². The smallest absolute Gasteiger partial charge is 0.295 e. The molecule has 0 saturated heterocycles. The molecule has 0 heterocycles. The molecular formula is C24H19Cl2O3P. The number of hydrogen-bond donors (Lipinski definition) is 0. The monoisotopic (exact) mass is 456 g/mol. The van der Waals surface area contributed by atoms with Gasteiger partial charge in [0, 0.05) is 17.2 Å². The predicted molar refractivity (Wildman–Crippen MR) is 125 cm³/mol. The molecule has 0 aliphatic rings. The lowest BCUT2D eigenvalue weighted by atomic mass is 10.1. The van der Waals surface area contributed by atoms with Gasteiger partial charge in [-0.1, -0.05) is 83.9 Å². The summed E-state index contributed by atoms with van der Waals surface area (Å²) in [7, 11) is -3.60. The lowest BCUT2D eigenvalue weighted by molar-refractivity contribution is 0.101. The van der Waals surface area contributed by atoms with Gasteiger partial charge in [-0.2, -0.15) is 0 Å². The quantitative estimate of drug-likeness (QED) is 0.267. The summed E-state index contributed by atoms with van der Waals surface area (Å²) in [6.45, 7) is 1.48. The van der Waals surface area contributed by atoms with Crippen LogP contribution in [0.1, 0.15) is 28.4 Å². The summed E-state index contributed by atoms with van der Waals surface area (Å²) < 4.78 is 19.6. The molecule has 0 N–H and O–H groups in total. The summed E-state index contributed by atoms with van der Waals surface area (Å²) in [6.07, 6.45) is 0. The average Bonchev–Trinajstić information content (AvgIpc) is 2.75. The standard InChI is InChI=1S/C24H19Cl2O3P/c1-18(27)19-12-14-22(15-13-19)29-30(28,16-23(25)20-8-4-2-5-9-20)17-24(26)21-10-6-3-7-11-21/h2-17H,1H3/b23-16+,24-17?. The maximum absolute atomic E-state index is 13.8. The molecule has 3 nitrogen and oxygen atoms in total. The van der Waals surface area contributed by atoms with Crippen molar-refractivity contribution in [3.8, 4) is 5.75 Å². The van der Waals surface area contributed by atoms with Crippen molar-refractivity contribution in [3.05, 3.63) is 113 Å². The first-order valence-electron chi connectivity index (χ1n) is 9.14. The number of carbonyl (C=O) groups excluding carboxylic acids is 1. The normalized spacial score (nSPS) is 14.1. The van der Waals surface area contributed by atoms with E-state index in [9.17, 15) is 9.36 Å². The van der Waals surface area contributed by atoms with Crippen molar-refractivity contribution in [2.24, 2.45) is 0 Å². The van der Waals surface area contributed by atoms with Gasteiger partial charge in [0.15, 0.2) is 5.78 Å². The Balaban J connectivity index is 2.01. The van der Waals surface area contributed by atoms with Crippen molar-refractivity contribution < 1.29 is 13.9 Å². The number of Topliss-reactive ketones (excluding diaryl/α,β-unsaturated/α-hetero) is 1. The zero-order valence-corrected chi connectivity index (χ0v) is 18.6. The van der Waals surface area contributed by atoms with Gasteiger partial charge in [-0.3, -0.25) is 9.36 Å². The first-order chi connectivity index (χ1) is 14.4. The molecule has 0 spiro atoms. The molecule has 3 rings (SSSR count). The van der Waals surface area contributed by atoms with Gasteiger partial charge in [-0.15, -0.1) is 0 Å². The van der Waals surface area contributed by atoms with Crippen LogP contribution in [-0.4, -0.2) is 5.78 Å². The Labute approximate surface area is 186 Å². The van der Waals surface area contributed by atoms with Crippen LogP contribution in [0.25, 0.3) is 10.1 Å². The summed E-state index contributed by atoms with van der Waals surface area (Å²) in [4.78, 5) is 11.5. The molecule has 6 heteroatoms. The Bertz CT molecular complexity index is 1060. The fourth-order valence-corrected chi connectivity index (χ4v) is 5.29. The van der Waals surface area contributed by atoms with Crippen LogP contribution < -0.4 is 4.52 Å². The molecule has 1 unspecified atom stereocenters. The fraction of sp³-hybridized carbons (Fsp3) is 0.0417. The van der Waals surface area contributed by atoms with Crippen molar-refractivity contribution in [1.29, 1.82) is 0 Å². The van der Waals surface area contributed by atoms with E-state index >= 15 is 0 Å². The number of ketones is 1. The van der Waals surface area contributed by atoms with Gasteiger partial charge in [-0.25, -0.2) is 0 Å². The summed E-state index contributed by atoms with van der Waals surface area (Å²) >= 11 is 12.9. The number of carbonyl (C=O) groups is 1. The van der Waals surface area contributed by atoms with Crippen LogP contribution in [0.3, 0.4) is 0 Å². The van der Waals surface area contributed by atoms with Crippen molar-refractivity contribution in [1.82, 2.24) is 0 Å². The maximum atomic E-state index is 13.8. The molecule has 0 amide bonds. The Morgan fingerprint density at radius 3 is 1.57 bits per heavy atom. The van der Waals surface area contributed by atoms with Gasteiger partial charge in [0.2, 0.25) is 0 Å². The molecule has 3 aromatic carbocycles. The largest absolute Gasteiger partial charge is 0.438 e. The lowest BCUT2D eigenvalue weighted by Gasteiger charge is -2.15. The van der Waals surface area contributed by atoms with Crippen LogP contribution in [0, 0.1) is 0 Å². The molecule has 0 aliphatic carbocycles. The van der Waals surface area contributed by atoms with Gasteiger partial charge in [0.1, 0.15) is 5.75 Å². The molecular weight excluding hydrogens is 438 g/mol. The van der Waals surface area contributed by atoms with E-state index in [1.54, 1.807) is 24.3 Å². The summed E-state index contributed by atoms with van der Waals surface area (Å²) in [5.74, 6) is 3.04. The Kier molecular flexibility index (Phi) is 7.33. The topological polar surface area (TPSA) is 43.4 Å². The van der Waals surface area contributed by atoms with Crippen LogP contribution in [-0.2, 0) is 4.57 Å². The second-order valence-electron chi connectivity index (χ2n) is 6.50. The molecule has 0 bridgehead atoms. The molecule has 0 saturated carbocycles. The first kappa shape index (κ1) is 22.1. The highest BCUT2D eigenvalue weighted by Crippen LogP contribution is 2.54. The minimum atomic E-state index is -3.60. The summed E-state index contributed by atoms with van der Waals surface area (Å²) in [5.41, 5.74) is 1.95. The van der Waals surface area contributed by atoms with Crippen molar-refractivity contribution >= 4 is 46.4 Å². The lowest BCUT2D eigenvalue weighted by Crippen LogP contribution is -1.93. The van der Waals surface area contributed by atoms with E-state index in [2.05, 4.69) is 0 Å². The van der Waals surface area contributed by atoms with E-state index in [-0.39, 0.29) is 15.8 Å². The highest BCUT2D eigenvalue weighted by molar-refractivity contribution is 7.66. The Morgan fingerprint density at radius 1 is 0.733 bits per heavy atom. The highest BCUT2D eigenvalue weighted by atomic mass is 35.5. The van der Waals surface area contributed by atoms with Crippen LogP contribution in [0.2, 0.25) is 0 Å². The molecule has 0 aromatic heterocycles. The Morgan fingerprint density at radius 2 is 1.17 bits per heavy atom. The number of benzene rings is 3. The molecule has 3 aromatic rings. The second kappa shape index (κ2) is 9.95. The van der Waals surface area contributed by atoms with E-state index in [4.69, 9.17) is 27.7 Å². The molecule has 152 valence electrons. The van der Waals surface area contributed by atoms with E-state index in [1.165, 1.54) is 18.6 Å². The SMILES string of the molecule is CC(=O)c1ccc(OP(=O)(C=C(Cl)c2ccccc2)/C=C(/Cl)c2ccccc2)cc1. The van der Waals surface area contributed by atoms with Crippen LogP contribution in [0.15, 0.2) is 96.6 Å². The van der Waals surface area contributed by atoms with E-state index < -0.39 is 7.37 Å². The van der Waals surface area contributed by atoms with Crippen molar-refractivity contribution in [2.75, 3.05) is 0 Å². The predicted octanol–water partition coefficient (Wildman–Crippen LogP) is 8.02. The minimum absolute atomic E-state index is 0.0660. The third-order valence-corrected chi connectivity index (χ3v) is 6.89. The van der Waals surface area contributed by atoms with Crippen LogP contribution >= 0.6 is 30.6 Å². The average molecular weight is 457 g/mol. The molecule has 0 fully saturated rings. The zero-order valence-electron chi connectivity index (χ0n) is 16.2. The third-order valence-electron chi connectivity index (χ3n) is 4.19. The molecule has 1 atom stereocenters. The van der Waals surface area contributed by atoms with E-state index in [0.717, 1.165) is 0 Å². The van der Waals surface area contributed by atoms with Crippen LogP contribution in [0.5, 0.6) is 5.75 Å². The second-order valence-corrected chi connectivity index (χ2v) is 9.31. The van der Waals surface area contributed by atoms with Gasteiger partial charge < -0.3 is 4.52 Å². The van der Waals surface area contributed by atoms with Gasteiger partial charge in [-0.05, 0) is 42.3 Å². The third kappa shape index (κ3) is 5.96. The fourth-order valence-electron chi connectivity index (χ4n) is 2.67. The van der Waals surface area contributed by atoms with Gasteiger partial charge >= 0.3 is 0 Å². The minimum Gasteiger partial charge on any atom is -0.438 e. The first-order valence-corrected chi connectivity index (χ1v) is 11.7. The zero-order chi connectivity index (χ0) is 21.6. The van der Waals surface area contributed by atoms with Gasteiger partial charge in [0.05, 0.1) is 10.1 Å². The van der Waals surface area contributed by atoms with Crippen molar-refractivity contribution in [3.63, 3.8) is 0 Å². The number of rotatable bonds is 7. The Hall–Kier alpha value is -2.58. The molecule has 30 heavy (non-hydrogen) atoms. The van der Waals surface area contributed by atoms with Crippen molar-refractivity contribution in [2.45, 2.75) is 6.92 Å². The summed E-state index contributed by atoms with van der Waals surface area (Å²) in [6, 6.07) is 24.8.